The van der Waals surface area contributed by atoms with Crippen LogP contribution in [-0.4, -0.2) is 24.8 Å². The molecule has 0 saturated heterocycles. The maximum atomic E-state index is 8.96. The van der Waals surface area contributed by atoms with E-state index in [0.717, 1.165) is 17.8 Å². The fourth-order valence-corrected chi connectivity index (χ4v) is 1.94. The third-order valence-corrected chi connectivity index (χ3v) is 2.89. The van der Waals surface area contributed by atoms with Gasteiger partial charge in [0.1, 0.15) is 0 Å². The van der Waals surface area contributed by atoms with E-state index in [1.54, 1.807) is 0 Å². The van der Waals surface area contributed by atoms with Crippen LogP contribution in [0, 0.1) is 0 Å². The van der Waals surface area contributed by atoms with E-state index in [-0.39, 0.29) is 12.6 Å². The third-order valence-electron chi connectivity index (χ3n) is 2.59. The lowest BCUT2D eigenvalue weighted by atomic mass is 10.1. The summed E-state index contributed by atoms with van der Waals surface area (Å²) in [6, 6.07) is 5.81. The van der Waals surface area contributed by atoms with E-state index in [1.807, 2.05) is 36.9 Å². The van der Waals surface area contributed by atoms with Gasteiger partial charge in [0.25, 0.3) is 0 Å². The molecule has 0 aliphatic rings. The lowest BCUT2D eigenvalue weighted by Gasteiger charge is -2.23. The van der Waals surface area contributed by atoms with Gasteiger partial charge in [-0.05, 0) is 31.5 Å². The van der Waals surface area contributed by atoms with Crippen LogP contribution < -0.4 is 10.6 Å². The first-order valence-corrected chi connectivity index (χ1v) is 5.88. The van der Waals surface area contributed by atoms with Crippen LogP contribution in [0.3, 0.4) is 0 Å². The molecule has 0 aromatic heterocycles. The summed E-state index contributed by atoms with van der Waals surface area (Å²) >= 11 is 6.20. The summed E-state index contributed by atoms with van der Waals surface area (Å²) in [5.74, 6) is 0. The zero-order chi connectivity index (χ0) is 12.1. The summed E-state index contributed by atoms with van der Waals surface area (Å²) < 4.78 is 0. The average Bonchev–Trinajstić information content (AvgIpc) is 2.26. The van der Waals surface area contributed by atoms with Crippen LogP contribution in [0.4, 0.5) is 5.69 Å². The van der Waals surface area contributed by atoms with Gasteiger partial charge in [-0.3, -0.25) is 0 Å². The molecule has 0 heterocycles. The highest BCUT2D eigenvalue weighted by molar-refractivity contribution is 6.33. The zero-order valence-corrected chi connectivity index (χ0v) is 10.5. The molecule has 3 N–H and O–H groups in total. The SMILES string of the molecule is CCN(CCO)c1ccc(C(C)N)cc1Cl. The molecule has 0 spiro atoms. The van der Waals surface area contributed by atoms with Crippen LogP contribution in [-0.2, 0) is 0 Å². The fourth-order valence-electron chi connectivity index (χ4n) is 1.63. The van der Waals surface area contributed by atoms with Gasteiger partial charge in [-0.15, -0.1) is 0 Å². The molecule has 1 aromatic rings. The molecule has 1 aromatic carbocycles. The highest BCUT2D eigenvalue weighted by atomic mass is 35.5. The van der Waals surface area contributed by atoms with Crippen molar-refractivity contribution in [1.29, 1.82) is 0 Å². The summed E-state index contributed by atoms with van der Waals surface area (Å²) in [7, 11) is 0. The Labute approximate surface area is 102 Å². The van der Waals surface area contributed by atoms with Crippen molar-refractivity contribution in [3.8, 4) is 0 Å². The first kappa shape index (κ1) is 13.3. The molecule has 0 saturated carbocycles. The Morgan fingerprint density at radius 1 is 1.50 bits per heavy atom. The predicted octanol–water partition coefficient (Wildman–Crippen LogP) is 2.18. The predicted molar refractivity (Wildman–Crippen MR) is 69.0 cm³/mol. The normalized spacial score (nSPS) is 12.6. The summed E-state index contributed by atoms with van der Waals surface area (Å²) in [5.41, 5.74) is 7.76. The Hall–Kier alpha value is -0.770. The second-order valence-electron chi connectivity index (χ2n) is 3.80. The zero-order valence-electron chi connectivity index (χ0n) is 9.78. The summed E-state index contributed by atoms with van der Waals surface area (Å²) in [4.78, 5) is 2.04. The molecule has 0 amide bonds. The number of nitrogens with two attached hydrogens (primary N) is 1. The second-order valence-corrected chi connectivity index (χ2v) is 4.21. The number of aliphatic hydroxyl groups excluding tert-OH is 1. The van der Waals surface area contributed by atoms with Gasteiger partial charge in [0.2, 0.25) is 0 Å². The van der Waals surface area contributed by atoms with Gasteiger partial charge < -0.3 is 15.7 Å². The molecule has 3 nitrogen and oxygen atoms in total. The quantitative estimate of drug-likeness (QED) is 0.832. The number of hydrogen-bond donors (Lipinski definition) is 2. The first-order chi connectivity index (χ1) is 7.60. The highest BCUT2D eigenvalue weighted by Crippen LogP contribution is 2.28. The van der Waals surface area contributed by atoms with Crippen molar-refractivity contribution in [1.82, 2.24) is 0 Å². The Morgan fingerprint density at radius 3 is 2.62 bits per heavy atom. The molecule has 1 atom stereocenters. The molecule has 90 valence electrons. The van der Waals surface area contributed by atoms with Crippen molar-refractivity contribution < 1.29 is 5.11 Å². The topological polar surface area (TPSA) is 49.5 Å². The van der Waals surface area contributed by atoms with E-state index in [2.05, 4.69) is 0 Å². The number of aliphatic hydroxyl groups is 1. The van der Waals surface area contributed by atoms with Crippen LogP contribution in [0.25, 0.3) is 0 Å². The van der Waals surface area contributed by atoms with E-state index in [1.165, 1.54) is 0 Å². The molecule has 0 radical (unpaired) electrons. The molecule has 0 aliphatic carbocycles. The van der Waals surface area contributed by atoms with Crippen molar-refractivity contribution >= 4 is 17.3 Å². The molecule has 4 heteroatoms. The van der Waals surface area contributed by atoms with Crippen LogP contribution in [0.1, 0.15) is 25.5 Å². The standard InChI is InChI=1S/C12H19ClN2O/c1-3-15(6-7-16)12-5-4-10(9(2)14)8-11(12)13/h4-5,8-9,16H,3,6-7,14H2,1-2H3. The van der Waals surface area contributed by atoms with E-state index in [0.29, 0.717) is 11.6 Å². The van der Waals surface area contributed by atoms with Crippen LogP contribution in [0.15, 0.2) is 18.2 Å². The van der Waals surface area contributed by atoms with Gasteiger partial charge in [-0.25, -0.2) is 0 Å². The Bertz CT molecular complexity index is 342. The third kappa shape index (κ3) is 3.11. The molecule has 0 aliphatic heterocycles. The van der Waals surface area contributed by atoms with Crippen molar-refractivity contribution in [2.75, 3.05) is 24.6 Å². The monoisotopic (exact) mass is 242 g/mol. The van der Waals surface area contributed by atoms with Gasteiger partial charge >= 0.3 is 0 Å². The fraction of sp³-hybridized carbons (Fsp3) is 0.500. The van der Waals surface area contributed by atoms with Crippen LogP contribution >= 0.6 is 11.6 Å². The number of benzene rings is 1. The van der Waals surface area contributed by atoms with Crippen molar-refractivity contribution in [2.24, 2.45) is 5.73 Å². The molecule has 1 unspecified atom stereocenters. The van der Waals surface area contributed by atoms with Crippen LogP contribution in [0.5, 0.6) is 0 Å². The number of anilines is 1. The average molecular weight is 243 g/mol. The minimum absolute atomic E-state index is 0.0144. The Balaban J connectivity index is 2.96. The smallest absolute Gasteiger partial charge is 0.0642 e. The molecule has 0 fully saturated rings. The number of halogens is 1. The number of hydrogen-bond acceptors (Lipinski definition) is 3. The van der Waals surface area contributed by atoms with Gasteiger partial charge in [0, 0.05) is 19.1 Å². The molecular weight excluding hydrogens is 224 g/mol. The Kier molecular flexibility index (Phi) is 5.06. The van der Waals surface area contributed by atoms with E-state index in [9.17, 15) is 0 Å². The van der Waals surface area contributed by atoms with Crippen molar-refractivity contribution in [2.45, 2.75) is 19.9 Å². The first-order valence-electron chi connectivity index (χ1n) is 5.51. The maximum absolute atomic E-state index is 8.96. The second kappa shape index (κ2) is 6.09. The van der Waals surface area contributed by atoms with Crippen molar-refractivity contribution in [3.63, 3.8) is 0 Å². The summed E-state index contributed by atoms with van der Waals surface area (Å²) in [5, 5.41) is 9.64. The minimum atomic E-state index is -0.0144. The van der Waals surface area contributed by atoms with E-state index < -0.39 is 0 Å². The van der Waals surface area contributed by atoms with Gasteiger partial charge in [-0.2, -0.15) is 0 Å². The van der Waals surface area contributed by atoms with E-state index >= 15 is 0 Å². The lowest BCUT2D eigenvalue weighted by Crippen LogP contribution is -2.26. The van der Waals surface area contributed by atoms with Crippen molar-refractivity contribution in [3.05, 3.63) is 28.8 Å². The van der Waals surface area contributed by atoms with E-state index in [4.69, 9.17) is 22.4 Å². The molecule has 0 bridgehead atoms. The lowest BCUT2D eigenvalue weighted by molar-refractivity contribution is 0.302. The summed E-state index contributed by atoms with van der Waals surface area (Å²) in [6.45, 7) is 5.49. The Morgan fingerprint density at radius 2 is 2.19 bits per heavy atom. The van der Waals surface area contributed by atoms with Gasteiger partial charge in [0.15, 0.2) is 0 Å². The number of rotatable bonds is 5. The minimum Gasteiger partial charge on any atom is -0.395 e. The van der Waals surface area contributed by atoms with Gasteiger partial charge in [0.05, 0.1) is 17.3 Å². The van der Waals surface area contributed by atoms with Gasteiger partial charge in [-0.1, -0.05) is 17.7 Å². The summed E-state index contributed by atoms with van der Waals surface area (Å²) in [6.07, 6.45) is 0. The number of nitrogens with zero attached hydrogens (tertiary/aromatic N) is 1. The molecule has 16 heavy (non-hydrogen) atoms. The largest absolute Gasteiger partial charge is 0.395 e. The van der Waals surface area contributed by atoms with Crippen LogP contribution in [0.2, 0.25) is 5.02 Å². The maximum Gasteiger partial charge on any atom is 0.0642 e. The number of likely N-dealkylation sites (N-methyl/N-ethyl adjacent to an activating group) is 1. The molecular formula is C12H19ClN2O. The highest BCUT2D eigenvalue weighted by Gasteiger charge is 2.09. The molecule has 1 rings (SSSR count).